The van der Waals surface area contributed by atoms with Crippen molar-refractivity contribution < 1.29 is 0 Å². The van der Waals surface area contributed by atoms with Crippen molar-refractivity contribution >= 4 is 11.3 Å². The van der Waals surface area contributed by atoms with Crippen molar-refractivity contribution in [1.29, 1.82) is 0 Å². The normalized spacial score (nSPS) is 11.1. The average molecular weight is 226 g/mol. The van der Waals surface area contributed by atoms with Gasteiger partial charge >= 0.3 is 0 Å². The molecule has 1 aromatic heterocycles. The van der Waals surface area contributed by atoms with E-state index in [1.165, 1.54) is 30.7 Å². The molecule has 0 aliphatic rings. The number of rotatable bonds is 8. The molecule has 0 atom stereocenters. The van der Waals surface area contributed by atoms with Gasteiger partial charge in [-0.25, -0.2) is 0 Å². The zero-order valence-corrected chi connectivity index (χ0v) is 10.4. The molecule has 0 aromatic carbocycles. The molecule has 3 heteroatoms. The van der Waals surface area contributed by atoms with E-state index in [-0.39, 0.29) is 0 Å². The first-order valence-corrected chi connectivity index (χ1v) is 6.69. The van der Waals surface area contributed by atoms with Crippen LogP contribution in [0.3, 0.4) is 0 Å². The van der Waals surface area contributed by atoms with Gasteiger partial charge < -0.3 is 10.6 Å². The number of thiophene rings is 1. The Morgan fingerprint density at radius 3 is 2.80 bits per heavy atom. The molecule has 0 saturated carbocycles. The van der Waals surface area contributed by atoms with Gasteiger partial charge in [0.1, 0.15) is 0 Å². The van der Waals surface area contributed by atoms with Gasteiger partial charge in [0.2, 0.25) is 0 Å². The molecule has 86 valence electrons. The Kier molecular flexibility index (Phi) is 6.64. The van der Waals surface area contributed by atoms with Crippen LogP contribution in [0.5, 0.6) is 0 Å². The fraction of sp³-hybridized carbons (Fsp3) is 0.667. The van der Waals surface area contributed by atoms with E-state index in [0.717, 1.165) is 19.6 Å². The molecule has 0 aliphatic heterocycles. The molecule has 0 bridgehead atoms. The van der Waals surface area contributed by atoms with E-state index in [0.29, 0.717) is 0 Å². The molecule has 2 nitrogen and oxygen atoms in total. The fourth-order valence-electron chi connectivity index (χ4n) is 1.62. The molecule has 0 radical (unpaired) electrons. The third-order valence-electron chi connectivity index (χ3n) is 2.53. The highest BCUT2D eigenvalue weighted by atomic mass is 32.1. The van der Waals surface area contributed by atoms with E-state index in [9.17, 15) is 0 Å². The van der Waals surface area contributed by atoms with Crippen molar-refractivity contribution in [1.82, 2.24) is 4.90 Å². The number of unbranched alkanes of at least 4 members (excludes halogenated alkanes) is 1. The van der Waals surface area contributed by atoms with Gasteiger partial charge in [0.15, 0.2) is 0 Å². The van der Waals surface area contributed by atoms with Crippen molar-refractivity contribution in [2.75, 3.05) is 26.2 Å². The van der Waals surface area contributed by atoms with Crippen LogP contribution in [0.2, 0.25) is 0 Å². The van der Waals surface area contributed by atoms with Crippen molar-refractivity contribution in [2.45, 2.75) is 26.2 Å². The lowest BCUT2D eigenvalue weighted by Gasteiger charge is -2.20. The summed E-state index contributed by atoms with van der Waals surface area (Å²) in [5, 5.41) is 2.15. The number of nitrogens with two attached hydrogens (primary N) is 1. The zero-order valence-electron chi connectivity index (χ0n) is 9.61. The molecule has 0 fully saturated rings. The highest BCUT2D eigenvalue weighted by Gasteiger charge is 2.03. The smallest absolute Gasteiger partial charge is 0.0105 e. The van der Waals surface area contributed by atoms with Gasteiger partial charge in [-0.05, 0) is 30.8 Å². The minimum Gasteiger partial charge on any atom is -0.329 e. The first kappa shape index (κ1) is 12.7. The summed E-state index contributed by atoms with van der Waals surface area (Å²) in [6.45, 7) is 6.39. The predicted molar refractivity (Wildman–Crippen MR) is 68.4 cm³/mol. The second kappa shape index (κ2) is 7.85. The predicted octanol–water partition coefficient (Wildman–Crippen LogP) is 2.35. The summed E-state index contributed by atoms with van der Waals surface area (Å²) in [6, 6.07) is 4.34. The van der Waals surface area contributed by atoms with Crippen LogP contribution in [-0.4, -0.2) is 31.1 Å². The highest BCUT2D eigenvalue weighted by Crippen LogP contribution is 2.09. The van der Waals surface area contributed by atoms with Crippen LogP contribution in [0, 0.1) is 0 Å². The quantitative estimate of drug-likeness (QED) is 0.737. The Morgan fingerprint density at radius 2 is 2.20 bits per heavy atom. The zero-order chi connectivity index (χ0) is 10.9. The molecule has 0 unspecified atom stereocenters. The summed E-state index contributed by atoms with van der Waals surface area (Å²) in [5.74, 6) is 0. The lowest BCUT2D eigenvalue weighted by molar-refractivity contribution is 0.280. The van der Waals surface area contributed by atoms with Crippen LogP contribution in [0.1, 0.15) is 24.6 Å². The molecule has 1 aromatic rings. The maximum Gasteiger partial charge on any atom is 0.0105 e. The van der Waals surface area contributed by atoms with Gasteiger partial charge in [-0.15, -0.1) is 11.3 Å². The molecule has 0 spiro atoms. The summed E-state index contributed by atoms with van der Waals surface area (Å²) in [5.41, 5.74) is 5.61. The summed E-state index contributed by atoms with van der Waals surface area (Å²) in [4.78, 5) is 3.96. The van der Waals surface area contributed by atoms with Crippen molar-refractivity contribution in [2.24, 2.45) is 5.73 Å². The van der Waals surface area contributed by atoms with E-state index in [1.807, 2.05) is 11.3 Å². The van der Waals surface area contributed by atoms with Crippen LogP contribution in [-0.2, 0) is 6.42 Å². The highest BCUT2D eigenvalue weighted by molar-refractivity contribution is 7.09. The maximum atomic E-state index is 5.61. The van der Waals surface area contributed by atoms with Crippen LogP contribution in [0.4, 0.5) is 0 Å². The Labute approximate surface area is 97.1 Å². The SMILES string of the molecule is CCCCN(CCN)CCc1cccs1. The fourth-order valence-corrected chi connectivity index (χ4v) is 2.32. The third-order valence-corrected chi connectivity index (χ3v) is 3.46. The van der Waals surface area contributed by atoms with Crippen molar-refractivity contribution in [3.63, 3.8) is 0 Å². The van der Waals surface area contributed by atoms with Crippen LogP contribution in [0.25, 0.3) is 0 Å². The van der Waals surface area contributed by atoms with Gasteiger partial charge in [0, 0.05) is 24.5 Å². The molecular formula is C12H22N2S. The molecule has 1 heterocycles. The summed E-state index contributed by atoms with van der Waals surface area (Å²) < 4.78 is 0. The van der Waals surface area contributed by atoms with Gasteiger partial charge in [-0.3, -0.25) is 0 Å². The topological polar surface area (TPSA) is 29.3 Å². The van der Waals surface area contributed by atoms with E-state index >= 15 is 0 Å². The van der Waals surface area contributed by atoms with Crippen molar-refractivity contribution in [3.8, 4) is 0 Å². The summed E-state index contributed by atoms with van der Waals surface area (Å²) >= 11 is 1.85. The number of hydrogen-bond acceptors (Lipinski definition) is 3. The van der Waals surface area contributed by atoms with E-state index in [2.05, 4.69) is 29.3 Å². The van der Waals surface area contributed by atoms with E-state index in [1.54, 1.807) is 0 Å². The van der Waals surface area contributed by atoms with Crippen LogP contribution < -0.4 is 5.73 Å². The molecule has 0 saturated heterocycles. The minimum absolute atomic E-state index is 0.772. The molecular weight excluding hydrogens is 204 g/mol. The molecule has 15 heavy (non-hydrogen) atoms. The number of nitrogens with zero attached hydrogens (tertiary/aromatic N) is 1. The Balaban J connectivity index is 2.24. The van der Waals surface area contributed by atoms with Gasteiger partial charge in [-0.1, -0.05) is 19.4 Å². The Bertz CT molecular complexity index is 234. The summed E-state index contributed by atoms with van der Waals surface area (Å²) in [7, 11) is 0. The lowest BCUT2D eigenvalue weighted by Crippen LogP contribution is -2.32. The molecule has 0 aliphatic carbocycles. The second-order valence-corrected chi connectivity index (χ2v) is 4.85. The first-order chi connectivity index (χ1) is 7.36. The van der Waals surface area contributed by atoms with Crippen LogP contribution in [0.15, 0.2) is 17.5 Å². The Morgan fingerprint density at radius 1 is 1.33 bits per heavy atom. The summed E-state index contributed by atoms with van der Waals surface area (Å²) in [6.07, 6.45) is 3.71. The lowest BCUT2D eigenvalue weighted by atomic mass is 10.2. The van der Waals surface area contributed by atoms with Gasteiger partial charge in [0.05, 0.1) is 0 Å². The van der Waals surface area contributed by atoms with Gasteiger partial charge in [0.25, 0.3) is 0 Å². The maximum absolute atomic E-state index is 5.61. The van der Waals surface area contributed by atoms with Crippen LogP contribution >= 0.6 is 11.3 Å². The van der Waals surface area contributed by atoms with E-state index < -0.39 is 0 Å². The molecule has 2 N–H and O–H groups in total. The third kappa shape index (κ3) is 5.30. The van der Waals surface area contributed by atoms with E-state index in [4.69, 9.17) is 5.73 Å². The second-order valence-electron chi connectivity index (χ2n) is 3.81. The molecule has 0 amide bonds. The minimum atomic E-state index is 0.772. The van der Waals surface area contributed by atoms with Gasteiger partial charge in [-0.2, -0.15) is 0 Å². The Hall–Kier alpha value is -0.380. The standard InChI is InChI=1S/C12H22N2S/c1-2-3-8-14(10-7-13)9-6-12-5-4-11-15-12/h4-5,11H,2-3,6-10,13H2,1H3. The number of hydrogen-bond donors (Lipinski definition) is 1. The van der Waals surface area contributed by atoms with Crippen molar-refractivity contribution in [3.05, 3.63) is 22.4 Å². The molecule has 1 rings (SSSR count). The average Bonchev–Trinajstić information content (AvgIpc) is 2.75. The first-order valence-electron chi connectivity index (χ1n) is 5.81. The largest absolute Gasteiger partial charge is 0.329 e. The monoisotopic (exact) mass is 226 g/mol.